The minimum absolute atomic E-state index is 0.0370. The van der Waals surface area contributed by atoms with Crippen LogP contribution in [0.1, 0.15) is 99.3 Å². The Hall–Kier alpha value is -5.60. The van der Waals surface area contributed by atoms with Gasteiger partial charge in [-0.05, 0) is 83.4 Å². The van der Waals surface area contributed by atoms with Gasteiger partial charge in [-0.3, -0.25) is 43.8 Å². The number of piperidine rings is 1. The number of allylic oxidation sites excluding steroid dienone is 3. The Bertz CT molecular complexity index is 1950. The molecule has 1 aromatic rings. The second-order valence-corrected chi connectivity index (χ2v) is 14.9. The summed E-state index contributed by atoms with van der Waals surface area (Å²) in [6.07, 6.45) is 9.78. The molecule has 3 aliphatic heterocycles. The fraction of sp³-hybridized carbons (Fsp3) is 0.500. The van der Waals surface area contributed by atoms with Gasteiger partial charge in [-0.25, -0.2) is 4.79 Å². The molecule has 292 valence electrons. The Morgan fingerprint density at radius 1 is 1.02 bits per heavy atom. The molecular formula is C40H46N4O11. The average molecular weight is 759 g/mol. The number of unbranched alkanes of at least 4 members (excludes halogenated alkanes) is 1. The molecule has 15 nitrogen and oxygen atoms in total. The third-order valence-electron chi connectivity index (χ3n) is 11.7. The number of hydrogen-bond donors (Lipinski definition) is 3. The molecule has 1 aromatic carbocycles. The van der Waals surface area contributed by atoms with Crippen molar-refractivity contribution in [2.45, 2.75) is 95.8 Å². The molecule has 5 unspecified atom stereocenters. The van der Waals surface area contributed by atoms with Gasteiger partial charge in [0.15, 0.2) is 0 Å². The number of benzene rings is 1. The lowest BCUT2D eigenvalue weighted by atomic mass is 9.62. The lowest BCUT2D eigenvalue weighted by Crippen LogP contribution is -2.65. The Morgan fingerprint density at radius 2 is 1.78 bits per heavy atom. The van der Waals surface area contributed by atoms with E-state index in [1.807, 2.05) is 0 Å². The quantitative estimate of drug-likeness (QED) is 0.0703. The van der Waals surface area contributed by atoms with Crippen LogP contribution in [-0.4, -0.2) is 89.8 Å². The number of anilines is 1. The highest BCUT2D eigenvalue weighted by molar-refractivity contribution is 6.25. The molecule has 1 saturated carbocycles. The standard InChI is InChI=1S/C40H46N4O11/c1-23(9-8-17-38(3)29-16-19-39(37(52)55-38)18-14-25(36(51)53-4)15-20-40(29,39)54-24(2)45)32(47)42-22-6-5-21-41-27-11-7-10-26-31(27)35(50)44(34(26)49)28-12-13-30(46)43-33(28)48/h7-11,14,17,28-29,41H,5-6,12-13,15-16,18-22H2,1-4H3,(H,42,47)(H,43,46,48). The zero-order chi connectivity index (χ0) is 39.7. The number of hydrogen-bond acceptors (Lipinski definition) is 12. The van der Waals surface area contributed by atoms with Crippen molar-refractivity contribution in [2.24, 2.45) is 11.3 Å². The Labute approximate surface area is 318 Å². The van der Waals surface area contributed by atoms with Gasteiger partial charge < -0.3 is 24.8 Å². The molecule has 5 atom stereocenters. The van der Waals surface area contributed by atoms with Crippen LogP contribution in [0.5, 0.6) is 0 Å². The van der Waals surface area contributed by atoms with Crippen molar-refractivity contribution < 1.29 is 52.6 Å². The van der Waals surface area contributed by atoms with Crippen molar-refractivity contribution in [1.82, 2.24) is 15.5 Å². The average Bonchev–Trinajstić information content (AvgIpc) is 3.47. The van der Waals surface area contributed by atoms with Crippen molar-refractivity contribution in [3.63, 3.8) is 0 Å². The largest absolute Gasteiger partial charge is 0.466 e. The minimum atomic E-state index is -1.19. The van der Waals surface area contributed by atoms with Gasteiger partial charge in [-0.2, -0.15) is 0 Å². The molecule has 55 heavy (non-hydrogen) atoms. The Morgan fingerprint density at radius 3 is 2.51 bits per heavy atom. The van der Waals surface area contributed by atoms with Crippen molar-refractivity contribution >= 4 is 53.1 Å². The first-order valence-electron chi connectivity index (χ1n) is 18.6. The van der Waals surface area contributed by atoms with E-state index in [1.165, 1.54) is 20.1 Å². The smallest absolute Gasteiger partial charge is 0.333 e. The van der Waals surface area contributed by atoms with E-state index >= 15 is 0 Å². The van der Waals surface area contributed by atoms with Gasteiger partial charge in [0.25, 0.3) is 11.8 Å². The molecule has 3 fully saturated rings. The number of nitrogens with one attached hydrogen (secondary N) is 3. The first-order chi connectivity index (χ1) is 26.2. The highest BCUT2D eigenvalue weighted by Crippen LogP contribution is 2.65. The van der Waals surface area contributed by atoms with Gasteiger partial charge in [0.05, 0.1) is 18.2 Å². The van der Waals surface area contributed by atoms with Crippen molar-refractivity contribution in [3.05, 3.63) is 64.8 Å². The van der Waals surface area contributed by atoms with E-state index in [9.17, 15) is 38.4 Å². The summed E-state index contributed by atoms with van der Waals surface area (Å²) in [7, 11) is 1.30. The zero-order valence-electron chi connectivity index (χ0n) is 31.4. The summed E-state index contributed by atoms with van der Waals surface area (Å²) in [5.41, 5.74) is -1.77. The lowest BCUT2D eigenvalue weighted by molar-refractivity contribution is -0.235. The maximum absolute atomic E-state index is 13.8. The lowest BCUT2D eigenvalue weighted by Gasteiger charge is -2.54. The summed E-state index contributed by atoms with van der Waals surface area (Å²) >= 11 is 0. The molecular weight excluding hydrogens is 712 g/mol. The second kappa shape index (κ2) is 15.3. The van der Waals surface area contributed by atoms with Crippen LogP contribution in [0.2, 0.25) is 0 Å². The summed E-state index contributed by atoms with van der Waals surface area (Å²) in [6.45, 7) is 5.56. The molecule has 0 spiro atoms. The van der Waals surface area contributed by atoms with Gasteiger partial charge in [-0.1, -0.05) is 24.3 Å². The normalized spacial score (nSPS) is 28.8. The molecule has 0 radical (unpaired) electrons. The number of methoxy groups -OCH3 is 1. The van der Waals surface area contributed by atoms with Gasteiger partial charge in [0, 0.05) is 49.2 Å². The fourth-order valence-corrected chi connectivity index (χ4v) is 8.93. The summed E-state index contributed by atoms with van der Waals surface area (Å²) < 4.78 is 17.1. The highest BCUT2D eigenvalue weighted by Gasteiger charge is 2.74. The zero-order valence-corrected chi connectivity index (χ0v) is 31.4. The van der Waals surface area contributed by atoms with Gasteiger partial charge in [-0.15, -0.1) is 0 Å². The summed E-state index contributed by atoms with van der Waals surface area (Å²) in [5, 5.41) is 8.27. The summed E-state index contributed by atoms with van der Waals surface area (Å²) in [4.78, 5) is 103. The summed E-state index contributed by atoms with van der Waals surface area (Å²) in [5.74, 6) is -4.44. The van der Waals surface area contributed by atoms with Gasteiger partial charge in [0.1, 0.15) is 22.7 Å². The molecule has 3 N–H and O–H groups in total. The number of nitrogens with zero attached hydrogens (tertiary/aromatic N) is 1. The van der Waals surface area contributed by atoms with Gasteiger partial charge >= 0.3 is 17.9 Å². The van der Waals surface area contributed by atoms with Crippen LogP contribution in [0.15, 0.2) is 53.6 Å². The predicted molar refractivity (Wildman–Crippen MR) is 195 cm³/mol. The van der Waals surface area contributed by atoms with Crippen LogP contribution in [0.4, 0.5) is 5.69 Å². The van der Waals surface area contributed by atoms with Crippen LogP contribution in [0.25, 0.3) is 0 Å². The molecule has 5 aliphatic rings. The van der Waals surface area contributed by atoms with E-state index in [-0.39, 0.29) is 55.1 Å². The molecule has 2 bridgehead atoms. The molecule has 0 aromatic heterocycles. The molecule has 15 heteroatoms. The first kappa shape index (κ1) is 39.1. The number of carbonyl (C=O) groups excluding carboxylic acids is 8. The number of rotatable bonds is 12. The third-order valence-corrected chi connectivity index (χ3v) is 11.7. The SMILES string of the molecule is COC(=O)C1=CCC23CCC(C(C)(C=CC=C(C)C(=O)NCCCCNc4cccc5c4C(=O)N(C4CCC(=O)NC4=O)C5=O)OC2=O)C3(OC(C)=O)CC1. The molecule has 6 rings (SSSR count). The van der Waals surface area contributed by atoms with Crippen LogP contribution >= 0.6 is 0 Å². The number of esters is 3. The summed E-state index contributed by atoms with van der Waals surface area (Å²) in [6, 6.07) is 3.82. The predicted octanol–water partition coefficient (Wildman–Crippen LogP) is 3.20. The first-order valence-corrected chi connectivity index (χ1v) is 18.6. The maximum Gasteiger partial charge on any atom is 0.333 e. The molecule has 2 aliphatic carbocycles. The van der Waals surface area contributed by atoms with Crippen molar-refractivity contribution in [1.29, 1.82) is 0 Å². The van der Waals surface area contributed by atoms with Crippen LogP contribution in [0, 0.1) is 11.3 Å². The fourth-order valence-electron chi connectivity index (χ4n) is 8.93. The number of ether oxygens (including phenoxy) is 3. The van der Waals surface area contributed by atoms with Crippen LogP contribution < -0.4 is 16.0 Å². The Kier molecular flexibility index (Phi) is 10.9. The topological polar surface area (TPSA) is 204 Å². The van der Waals surface area contributed by atoms with Gasteiger partial charge in [0.2, 0.25) is 17.7 Å². The molecule has 3 heterocycles. The second-order valence-electron chi connectivity index (χ2n) is 14.9. The third kappa shape index (κ3) is 6.96. The monoisotopic (exact) mass is 758 g/mol. The minimum Gasteiger partial charge on any atom is -0.466 e. The Balaban J connectivity index is 1.02. The number of cyclic esters (lactones) is 1. The molecule has 5 amide bonds. The van der Waals surface area contributed by atoms with E-state index in [4.69, 9.17) is 14.2 Å². The number of fused-ring (bicyclic) bond motifs is 1. The van der Waals surface area contributed by atoms with E-state index < -0.39 is 64.2 Å². The number of imide groups is 2. The molecule has 2 saturated heterocycles. The number of amides is 5. The van der Waals surface area contributed by atoms with Crippen LogP contribution in [-0.2, 0) is 43.0 Å². The number of carbonyl (C=O) groups is 8. The highest BCUT2D eigenvalue weighted by atomic mass is 16.6. The van der Waals surface area contributed by atoms with Crippen molar-refractivity contribution in [2.75, 3.05) is 25.5 Å². The maximum atomic E-state index is 13.8. The van der Waals surface area contributed by atoms with E-state index in [0.717, 1.165) is 4.90 Å². The van der Waals surface area contributed by atoms with E-state index in [1.54, 1.807) is 50.3 Å². The van der Waals surface area contributed by atoms with E-state index in [0.29, 0.717) is 55.6 Å². The van der Waals surface area contributed by atoms with Crippen molar-refractivity contribution in [3.8, 4) is 0 Å². The van der Waals surface area contributed by atoms with E-state index in [2.05, 4.69) is 16.0 Å². The van der Waals surface area contributed by atoms with Crippen LogP contribution in [0.3, 0.4) is 0 Å².